The van der Waals surface area contributed by atoms with Crippen molar-refractivity contribution in [2.75, 3.05) is 6.61 Å². The predicted octanol–water partition coefficient (Wildman–Crippen LogP) is 4.67. The number of allylic oxidation sites excluding steroid dienone is 1. The molecule has 1 aromatic rings. The van der Waals surface area contributed by atoms with Crippen LogP contribution in [0.3, 0.4) is 0 Å². The summed E-state index contributed by atoms with van der Waals surface area (Å²) in [4.78, 5) is 0. The monoisotopic (exact) mass is 246 g/mol. The van der Waals surface area contributed by atoms with E-state index in [4.69, 9.17) is 0 Å². The summed E-state index contributed by atoms with van der Waals surface area (Å²) < 4.78 is 0. The van der Waals surface area contributed by atoms with Gasteiger partial charge in [-0.1, -0.05) is 69.0 Å². The summed E-state index contributed by atoms with van der Waals surface area (Å²) in [7, 11) is 0. The van der Waals surface area contributed by atoms with Crippen molar-refractivity contribution in [3.63, 3.8) is 0 Å². The van der Waals surface area contributed by atoms with Crippen molar-refractivity contribution >= 4 is 5.57 Å². The molecule has 0 unspecified atom stereocenters. The maximum Gasteiger partial charge on any atom is 0.0494 e. The lowest BCUT2D eigenvalue weighted by atomic mass is 9.96. The molecule has 1 N–H and O–H groups in total. The van der Waals surface area contributed by atoms with Crippen LogP contribution in [0, 0.1) is 5.92 Å². The molecule has 1 rings (SSSR count). The molecule has 1 atom stereocenters. The number of hydrogen-bond donors (Lipinski definition) is 1. The fourth-order valence-electron chi connectivity index (χ4n) is 2.21. The third kappa shape index (κ3) is 5.50. The first-order valence-corrected chi connectivity index (χ1v) is 7.12. The molecule has 0 aliphatic carbocycles. The molecule has 0 aromatic heterocycles. The molecule has 18 heavy (non-hydrogen) atoms. The summed E-state index contributed by atoms with van der Waals surface area (Å²) in [5, 5.41) is 9.43. The van der Waals surface area contributed by atoms with Gasteiger partial charge in [0, 0.05) is 12.5 Å². The normalized spacial score (nSPS) is 13.6. The van der Waals surface area contributed by atoms with E-state index in [1.165, 1.54) is 36.8 Å². The van der Waals surface area contributed by atoms with Crippen molar-refractivity contribution in [3.8, 4) is 0 Å². The number of unbranched alkanes of at least 4 members (excludes halogenated alkanes) is 3. The molecule has 0 aliphatic rings. The van der Waals surface area contributed by atoms with Gasteiger partial charge in [-0.15, -0.1) is 0 Å². The summed E-state index contributed by atoms with van der Waals surface area (Å²) >= 11 is 0. The van der Waals surface area contributed by atoms with E-state index in [0.29, 0.717) is 5.92 Å². The summed E-state index contributed by atoms with van der Waals surface area (Å²) in [6.45, 7) is 4.61. The zero-order chi connectivity index (χ0) is 13.2. The molecule has 1 heteroatoms. The Morgan fingerprint density at radius 3 is 2.50 bits per heavy atom. The first-order chi connectivity index (χ1) is 8.77. The van der Waals surface area contributed by atoms with Gasteiger partial charge in [-0.25, -0.2) is 0 Å². The lowest BCUT2D eigenvalue weighted by Crippen LogP contribution is -2.03. The van der Waals surface area contributed by atoms with Crippen molar-refractivity contribution in [2.45, 2.75) is 46.0 Å². The Labute approximate surface area is 112 Å². The van der Waals surface area contributed by atoms with E-state index in [0.717, 1.165) is 6.42 Å². The molecule has 0 bridgehead atoms. The Bertz CT molecular complexity index is 340. The van der Waals surface area contributed by atoms with E-state index < -0.39 is 0 Å². The minimum absolute atomic E-state index is 0.260. The SMILES string of the molecule is CCCCCC[C@H](/C=C(\C)c1ccccc1)CO. The molecule has 0 saturated carbocycles. The van der Waals surface area contributed by atoms with Crippen molar-refractivity contribution in [1.82, 2.24) is 0 Å². The van der Waals surface area contributed by atoms with Crippen LogP contribution in [0.5, 0.6) is 0 Å². The van der Waals surface area contributed by atoms with Gasteiger partial charge in [0.2, 0.25) is 0 Å². The molecule has 1 nitrogen and oxygen atoms in total. The maximum absolute atomic E-state index is 9.43. The van der Waals surface area contributed by atoms with Crippen LogP contribution in [0.2, 0.25) is 0 Å². The summed E-state index contributed by atoms with van der Waals surface area (Å²) in [5.74, 6) is 0.307. The molecule has 100 valence electrons. The van der Waals surface area contributed by atoms with Crippen LogP contribution < -0.4 is 0 Å². The van der Waals surface area contributed by atoms with Gasteiger partial charge in [0.1, 0.15) is 0 Å². The summed E-state index contributed by atoms with van der Waals surface area (Å²) in [6.07, 6.45) is 8.40. The molecule has 0 spiro atoms. The van der Waals surface area contributed by atoms with Gasteiger partial charge < -0.3 is 5.11 Å². The summed E-state index contributed by atoms with van der Waals surface area (Å²) in [5.41, 5.74) is 2.52. The Morgan fingerprint density at radius 2 is 1.89 bits per heavy atom. The number of aliphatic hydroxyl groups excluding tert-OH is 1. The predicted molar refractivity (Wildman–Crippen MR) is 79.4 cm³/mol. The Hall–Kier alpha value is -1.08. The fraction of sp³-hybridized carbons (Fsp3) is 0.529. The van der Waals surface area contributed by atoms with E-state index >= 15 is 0 Å². The highest BCUT2D eigenvalue weighted by Crippen LogP contribution is 2.19. The van der Waals surface area contributed by atoms with Crippen molar-refractivity contribution in [1.29, 1.82) is 0 Å². The van der Waals surface area contributed by atoms with E-state index in [9.17, 15) is 5.11 Å². The van der Waals surface area contributed by atoms with Crippen LogP contribution in [0.4, 0.5) is 0 Å². The van der Waals surface area contributed by atoms with Crippen LogP contribution >= 0.6 is 0 Å². The van der Waals surface area contributed by atoms with E-state index in [2.05, 4.69) is 44.2 Å². The van der Waals surface area contributed by atoms with Gasteiger partial charge in [-0.3, -0.25) is 0 Å². The Morgan fingerprint density at radius 1 is 1.17 bits per heavy atom. The molecule has 1 aromatic carbocycles. The fourth-order valence-corrected chi connectivity index (χ4v) is 2.21. The third-order valence-corrected chi connectivity index (χ3v) is 3.38. The molecule has 0 amide bonds. The molecule has 0 fully saturated rings. The first-order valence-electron chi connectivity index (χ1n) is 7.12. The second-order valence-corrected chi connectivity index (χ2v) is 5.01. The number of aliphatic hydroxyl groups is 1. The lowest BCUT2D eigenvalue weighted by Gasteiger charge is -2.11. The van der Waals surface area contributed by atoms with Gasteiger partial charge in [0.25, 0.3) is 0 Å². The van der Waals surface area contributed by atoms with Crippen LogP contribution in [0.1, 0.15) is 51.5 Å². The third-order valence-electron chi connectivity index (χ3n) is 3.38. The van der Waals surface area contributed by atoms with Crippen LogP contribution in [-0.4, -0.2) is 11.7 Å². The van der Waals surface area contributed by atoms with Crippen molar-refractivity contribution < 1.29 is 5.11 Å². The highest BCUT2D eigenvalue weighted by atomic mass is 16.3. The van der Waals surface area contributed by atoms with Crippen molar-refractivity contribution in [2.24, 2.45) is 5.92 Å². The Kier molecular flexibility index (Phi) is 7.43. The van der Waals surface area contributed by atoms with E-state index in [-0.39, 0.29) is 6.61 Å². The van der Waals surface area contributed by atoms with Gasteiger partial charge in [-0.05, 0) is 24.5 Å². The average molecular weight is 246 g/mol. The summed E-state index contributed by atoms with van der Waals surface area (Å²) in [6, 6.07) is 10.4. The molecule has 0 radical (unpaired) electrons. The molecule has 0 heterocycles. The zero-order valence-electron chi connectivity index (χ0n) is 11.7. The quantitative estimate of drug-likeness (QED) is 0.661. The molecule has 0 saturated heterocycles. The van der Waals surface area contributed by atoms with Crippen LogP contribution in [-0.2, 0) is 0 Å². The molecule has 0 aliphatic heterocycles. The number of benzene rings is 1. The van der Waals surface area contributed by atoms with E-state index in [1.807, 2.05) is 6.07 Å². The standard InChI is InChI=1S/C17H26O/c1-3-4-5-7-10-16(14-18)13-15(2)17-11-8-6-9-12-17/h6,8-9,11-13,16,18H,3-5,7,10,14H2,1-2H3/b15-13+/t16-/m1/s1. The van der Waals surface area contributed by atoms with Gasteiger partial charge in [0.15, 0.2) is 0 Å². The molecular weight excluding hydrogens is 220 g/mol. The lowest BCUT2D eigenvalue weighted by molar-refractivity contribution is 0.243. The minimum Gasteiger partial charge on any atom is -0.396 e. The van der Waals surface area contributed by atoms with Crippen LogP contribution in [0.25, 0.3) is 5.57 Å². The largest absolute Gasteiger partial charge is 0.396 e. The van der Waals surface area contributed by atoms with Gasteiger partial charge >= 0.3 is 0 Å². The number of hydrogen-bond acceptors (Lipinski definition) is 1. The highest BCUT2D eigenvalue weighted by Gasteiger charge is 2.05. The molecular formula is C17H26O. The van der Waals surface area contributed by atoms with Gasteiger partial charge in [-0.2, -0.15) is 0 Å². The second-order valence-electron chi connectivity index (χ2n) is 5.01. The second kappa shape index (κ2) is 8.93. The number of rotatable bonds is 8. The zero-order valence-corrected chi connectivity index (χ0v) is 11.7. The Balaban J connectivity index is 2.50. The average Bonchev–Trinajstić information content (AvgIpc) is 2.43. The van der Waals surface area contributed by atoms with Crippen LogP contribution in [0.15, 0.2) is 36.4 Å². The maximum atomic E-state index is 9.43. The van der Waals surface area contributed by atoms with E-state index in [1.54, 1.807) is 0 Å². The smallest absolute Gasteiger partial charge is 0.0494 e. The minimum atomic E-state index is 0.260. The topological polar surface area (TPSA) is 20.2 Å². The van der Waals surface area contributed by atoms with Crippen molar-refractivity contribution in [3.05, 3.63) is 42.0 Å². The van der Waals surface area contributed by atoms with Gasteiger partial charge in [0.05, 0.1) is 0 Å². The first kappa shape index (κ1) is 15.0. The highest BCUT2D eigenvalue weighted by molar-refractivity contribution is 5.63.